The maximum Gasteiger partial charge on any atom is 0.223 e. The number of carbonyl (C=O) groups excluding carboxylic acids is 1. The van der Waals surface area contributed by atoms with Gasteiger partial charge >= 0.3 is 0 Å². The van der Waals surface area contributed by atoms with Crippen LogP contribution in [0.1, 0.15) is 25.3 Å². The fraction of sp³-hybridized carbons (Fsp3) is 0.588. The smallest absolute Gasteiger partial charge is 0.223 e. The molecule has 1 aromatic carbocycles. The van der Waals surface area contributed by atoms with Crippen molar-refractivity contribution in [1.29, 1.82) is 0 Å². The van der Waals surface area contributed by atoms with Gasteiger partial charge in [-0.05, 0) is 24.9 Å². The molecule has 1 heterocycles. The SMILES string of the molecule is CCCNC[C@]1(O)CN(C(=O)CCc2ccccc2)C[C@H]1O. The molecule has 0 bridgehead atoms. The molecular weight excluding hydrogens is 280 g/mol. The molecule has 122 valence electrons. The van der Waals surface area contributed by atoms with Crippen molar-refractivity contribution in [3.05, 3.63) is 35.9 Å². The number of β-amino-alcohol motifs (C(OH)–C–C–N with tert-alkyl or cyclic N) is 2. The van der Waals surface area contributed by atoms with Crippen molar-refractivity contribution in [1.82, 2.24) is 10.2 Å². The molecule has 5 nitrogen and oxygen atoms in total. The Morgan fingerprint density at radius 3 is 2.82 bits per heavy atom. The third-order valence-corrected chi connectivity index (χ3v) is 4.16. The second kappa shape index (κ2) is 7.72. The molecule has 1 aliphatic heterocycles. The summed E-state index contributed by atoms with van der Waals surface area (Å²) in [5, 5.41) is 23.7. The highest BCUT2D eigenvalue weighted by Gasteiger charge is 2.45. The maximum absolute atomic E-state index is 12.3. The largest absolute Gasteiger partial charge is 0.388 e. The first-order valence-corrected chi connectivity index (χ1v) is 7.98. The molecule has 1 aliphatic rings. The second-order valence-corrected chi connectivity index (χ2v) is 6.06. The zero-order valence-corrected chi connectivity index (χ0v) is 13.2. The lowest BCUT2D eigenvalue weighted by Gasteiger charge is -2.26. The zero-order chi connectivity index (χ0) is 16.0. The van der Waals surface area contributed by atoms with E-state index in [0.29, 0.717) is 19.4 Å². The fourth-order valence-corrected chi connectivity index (χ4v) is 2.78. The second-order valence-electron chi connectivity index (χ2n) is 6.06. The van der Waals surface area contributed by atoms with Crippen LogP contribution in [0.15, 0.2) is 30.3 Å². The molecule has 0 aliphatic carbocycles. The Morgan fingerprint density at radius 2 is 2.14 bits per heavy atom. The minimum Gasteiger partial charge on any atom is -0.388 e. The van der Waals surface area contributed by atoms with Crippen LogP contribution in [0.25, 0.3) is 0 Å². The molecule has 5 heteroatoms. The van der Waals surface area contributed by atoms with Crippen molar-refractivity contribution in [2.75, 3.05) is 26.2 Å². The van der Waals surface area contributed by atoms with Gasteiger partial charge in [-0.2, -0.15) is 0 Å². The average molecular weight is 306 g/mol. The summed E-state index contributed by atoms with van der Waals surface area (Å²) in [6.07, 6.45) is 1.15. The fourth-order valence-electron chi connectivity index (χ4n) is 2.78. The molecule has 1 amide bonds. The summed E-state index contributed by atoms with van der Waals surface area (Å²) in [5.74, 6) is -0.0191. The van der Waals surface area contributed by atoms with E-state index in [4.69, 9.17) is 0 Å². The van der Waals surface area contributed by atoms with E-state index < -0.39 is 11.7 Å². The highest BCUT2D eigenvalue weighted by Crippen LogP contribution is 2.22. The van der Waals surface area contributed by atoms with Crippen LogP contribution in [0, 0.1) is 0 Å². The number of aliphatic hydroxyl groups excluding tert-OH is 1. The summed E-state index contributed by atoms with van der Waals surface area (Å²) in [4.78, 5) is 13.8. The van der Waals surface area contributed by atoms with Gasteiger partial charge in [-0.3, -0.25) is 4.79 Å². The lowest BCUT2D eigenvalue weighted by molar-refractivity contribution is -0.131. The lowest BCUT2D eigenvalue weighted by Crippen LogP contribution is -2.50. The molecule has 2 atom stereocenters. The van der Waals surface area contributed by atoms with Crippen LogP contribution in [-0.2, 0) is 11.2 Å². The van der Waals surface area contributed by atoms with E-state index in [1.165, 1.54) is 0 Å². The minimum absolute atomic E-state index is 0.0191. The summed E-state index contributed by atoms with van der Waals surface area (Å²) in [6.45, 7) is 3.54. The van der Waals surface area contributed by atoms with Crippen molar-refractivity contribution < 1.29 is 15.0 Å². The van der Waals surface area contributed by atoms with Crippen molar-refractivity contribution in [2.24, 2.45) is 0 Å². The number of rotatable bonds is 7. The topological polar surface area (TPSA) is 72.8 Å². The maximum atomic E-state index is 12.3. The number of aryl methyl sites for hydroxylation is 1. The predicted octanol–water partition coefficient (Wildman–Crippen LogP) is 0.553. The molecule has 0 aromatic heterocycles. The lowest BCUT2D eigenvalue weighted by atomic mass is 10.0. The molecule has 3 N–H and O–H groups in total. The molecule has 0 saturated carbocycles. The number of amides is 1. The van der Waals surface area contributed by atoms with Crippen molar-refractivity contribution >= 4 is 5.91 Å². The summed E-state index contributed by atoms with van der Waals surface area (Å²) in [5.41, 5.74) is -0.118. The summed E-state index contributed by atoms with van der Waals surface area (Å²) in [7, 11) is 0. The average Bonchev–Trinajstić information content (AvgIpc) is 2.82. The number of hydrogen-bond donors (Lipinski definition) is 3. The number of likely N-dealkylation sites (tertiary alicyclic amines) is 1. The highest BCUT2D eigenvalue weighted by molar-refractivity contribution is 5.77. The number of nitrogens with zero attached hydrogens (tertiary/aromatic N) is 1. The van der Waals surface area contributed by atoms with Gasteiger partial charge in [-0.1, -0.05) is 37.3 Å². The highest BCUT2D eigenvalue weighted by atomic mass is 16.3. The Kier molecular flexibility index (Phi) is 5.94. The van der Waals surface area contributed by atoms with Gasteiger partial charge in [0.25, 0.3) is 0 Å². The first-order chi connectivity index (χ1) is 10.5. The van der Waals surface area contributed by atoms with E-state index in [0.717, 1.165) is 18.5 Å². The number of nitrogens with one attached hydrogen (secondary N) is 1. The summed E-state index contributed by atoms with van der Waals surface area (Å²) >= 11 is 0. The van der Waals surface area contributed by atoms with E-state index in [1.54, 1.807) is 4.90 Å². The first-order valence-electron chi connectivity index (χ1n) is 7.98. The molecule has 1 aromatic rings. The Labute approximate surface area is 131 Å². The van der Waals surface area contributed by atoms with Gasteiger partial charge in [-0.25, -0.2) is 0 Å². The number of hydrogen-bond acceptors (Lipinski definition) is 4. The first kappa shape index (κ1) is 16.9. The molecule has 2 rings (SSSR count). The van der Waals surface area contributed by atoms with Crippen LogP contribution in [0.3, 0.4) is 0 Å². The minimum atomic E-state index is -1.24. The molecule has 1 fully saturated rings. The van der Waals surface area contributed by atoms with Gasteiger partial charge < -0.3 is 20.4 Å². The molecule has 0 spiro atoms. The quantitative estimate of drug-likeness (QED) is 0.643. The normalized spacial score (nSPS) is 24.7. The Bertz CT molecular complexity index is 480. The number of benzene rings is 1. The van der Waals surface area contributed by atoms with Gasteiger partial charge in [-0.15, -0.1) is 0 Å². The predicted molar refractivity (Wildman–Crippen MR) is 85.5 cm³/mol. The standard InChI is InChI=1S/C17H26N2O3/c1-2-10-18-12-17(22)13-19(11-15(17)20)16(21)9-8-14-6-4-3-5-7-14/h3-7,15,18,20,22H,2,8-13H2,1H3/t15-,17+/m1/s1. The summed E-state index contributed by atoms with van der Waals surface area (Å²) < 4.78 is 0. The number of carbonyl (C=O) groups is 1. The monoisotopic (exact) mass is 306 g/mol. The van der Waals surface area contributed by atoms with Crippen LogP contribution >= 0.6 is 0 Å². The van der Waals surface area contributed by atoms with E-state index in [1.807, 2.05) is 37.3 Å². The molecular formula is C17H26N2O3. The summed E-state index contributed by atoms with van der Waals surface area (Å²) in [6, 6.07) is 9.86. The Hall–Kier alpha value is -1.43. The van der Waals surface area contributed by atoms with E-state index in [-0.39, 0.29) is 19.0 Å². The Balaban J connectivity index is 1.84. The van der Waals surface area contributed by atoms with Gasteiger partial charge in [0.15, 0.2) is 0 Å². The Morgan fingerprint density at radius 1 is 1.41 bits per heavy atom. The third-order valence-electron chi connectivity index (χ3n) is 4.16. The van der Waals surface area contributed by atoms with Crippen molar-refractivity contribution in [3.8, 4) is 0 Å². The van der Waals surface area contributed by atoms with E-state index >= 15 is 0 Å². The van der Waals surface area contributed by atoms with E-state index in [9.17, 15) is 15.0 Å². The third kappa shape index (κ3) is 4.29. The molecule has 0 unspecified atom stereocenters. The van der Waals surface area contributed by atoms with Gasteiger partial charge in [0.05, 0.1) is 6.54 Å². The zero-order valence-electron chi connectivity index (χ0n) is 13.2. The molecule has 22 heavy (non-hydrogen) atoms. The van der Waals surface area contributed by atoms with Gasteiger partial charge in [0.1, 0.15) is 11.7 Å². The van der Waals surface area contributed by atoms with Crippen LogP contribution in [0.5, 0.6) is 0 Å². The van der Waals surface area contributed by atoms with Crippen LogP contribution in [-0.4, -0.2) is 58.9 Å². The van der Waals surface area contributed by atoms with Crippen LogP contribution in [0.4, 0.5) is 0 Å². The molecule has 0 radical (unpaired) electrons. The van der Waals surface area contributed by atoms with Gasteiger partial charge in [0.2, 0.25) is 5.91 Å². The van der Waals surface area contributed by atoms with Gasteiger partial charge in [0, 0.05) is 19.5 Å². The van der Waals surface area contributed by atoms with Crippen LogP contribution < -0.4 is 5.32 Å². The number of aliphatic hydroxyl groups is 2. The van der Waals surface area contributed by atoms with Crippen molar-refractivity contribution in [3.63, 3.8) is 0 Å². The van der Waals surface area contributed by atoms with E-state index in [2.05, 4.69) is 5.32 Å². The van der Waals surface area contributed by atoms with Crippen LogP contribution in [0.2, 0.25) is 0 Å². The van der Waals surface area contributed by atoms with Crippen molar-refractivity contribution in [2.45, 2.75) is 37.9 Å². The molecule has 1 saturated heterocycles.